The van der Waals surface area contributed by atoms with E-state index in [-0.39, 0.29) is 11.3 Å². The van der Waals surface area contributed by atoms with E-state index in [4.69, 9.17) is 10.5 Å². The summed E-state index contributed by atoms with van der Waals surface area (Å²) in [4.78, 5) is 12.3. The topological polar surface area (TPSA) is 52.3 Å². The molecule has 5 heteroatoms. The van der Waals surface area contributed by atoms with Crippen molar-refractivity contribution >= 4 is 34.1 Å². The highest BCUT2D eigenvalue weighted by molar-refractivity contribution is 14.1. The van der Waals surface area contributed by atoms with E-state index in [1.54, 1.807) is 12.1 Å². The van der Waals surface area contributed by atoms with Gasteiger partial charge >= 0.3 is 0 Å². The summed E-state index contributed by atoms with van der Waals surface area (Å²) in [5.74, 6) is -0.638. The summed E-state index contributed by atoms with van der Waals surface area (Å²) in [7, 11) is 1.47. The quantitative estimate of drug-likeness (QED) is 0.512. The third-order valence-electron chi connectivity index (χ3n) is 2.64. The van der Waals surface area contributed by atoms with Crippen molar-refractivity contribution in [3.05, 3.63) is 56.9 Å². The Hall–Kier alpha value is -1.63. The zero-order chi connectivity index (χ0) is 14.0. The molecule has 98 valence electrons. The van der Waals surface area contributed by atoms with Crippen molar-refractivity contribution in [2.75, 3.05) is 12.8 Å². The zero-order valence-electron chi connectivity index (χ0n) is 10.1. The van der Waals surface area contributed by atoms with E-state index in [9.17, 15) is 9.18 Å². The number of rotatable bonds is 3. The maximum atomic E-state index is 13.8. The smallest absolute Gasteiger partial charge is 0.199 e. The molecule has 0 spiro atoms. The van der Waals surface area contributed by atoms with Crippen LogP contribution in [-0.2, 0) is 0 Å². The Kier molecular flexibility index (Phi) is 4.04. The van der Waals surface area contributed by atoms with Crippen molar-refractivity contribution in [1.82, 2.24) is 0 Å². The fraction of sp³-hybridized carbons (Fsp3) is 0.0714. The highest BCUT2D eigenvalue weighted by Crippen LogP contribution is 2.25. The van der Waals surface area contributed by atoms with Crippen molar-refractivity contribution in [2.24, 2.45) is 0 Å². The average molecular weight is 371 g/mol. The maximum absolute atomic E-state index is 13.8. The van der Waals surface area contributed by atoms with Crippen LogP contribution < -0.4 is 10.5 Å². The Labute approximate surface area is 123 Å². The Morgan fingerprint density at radius 3 is 2.58 bits per heavy atom. The summed E-state index contributed by atoms with van der Waals surface area (Å²) >= 11 is 2.08. The summed E-state index contributed by atoms with van der Waals surface area (Å²) in [5, 5.41) is 0. The van der Waals surface area contributed by atoms with Gasteiger partial charge in [0.1, 0.15) is 11.6 Å². The molecule has 3 nitrogen and oxygen atoms in total. The molecule has 2 N–H and O–H groups in total. The van der Waals surface area contributed by atoms with Crippen LogP contribution in [0.5, 0.6) is 5.75 Å². The molecule has 0 unspecified atom stereocenters. The lowest BCUT2D eigenvalue weighted by molar-refractivity contribution is 0.103. The molecule has 0 saturated heterocycles. The Morgan fingerprint density at radius 1 is 1.21 bits per heavy atom. The first kappa shape index (κ1) is 13.8. The van der Waals surface area contributed by atoms with Crippen LogP contribution >= 0.6 is 22.6 Å². The molecular formula is C14H11FINO2. The van der Waals surface area contributed by atoms with Crippen LogP contribution in [0.1, 0.15) is 15.9 Å². The van der Waals surface area contributed by atoms with Crippen LogP contribution in [0.3, 0.4) is 0 Å². The Balaban J connectivity index is 2.52. The maximum Gasteiger partial charge on any atom is 0.199 e. The van der Waals surface area contributed by atoms with Crippen molar-refractivity contribution in [2.45, 2.75) is 0 Å². The SMILES string of the molecule is COc1ccc(I)cc1C(=O)c1ccc(N)cc1F. The van der Waals surface area contributed by atoms with Crippen LogP contribution in [0.15, 0.2) is 36.4 Å². The van der Waals surface area contributed by atoms with Crippen LogP contribution in [-0.4, -0.2) is 12.9 Å². The van der Waals surface area contributed by atoms with Crippen molar-refractivity contribution in [3.8, 4) is 5.75 Å². The highest BCUT2D eigenvalue weighted by atomic mass is 127. The van der Waals surface area contributed by atoms with Gasteiger partial charge in [0.05, 0.1) is 18.2 Å². The standard InChI is InChI=1S/C14H11FINO2/c1-19-13-5-2-8(16)6-11(13)14(18)10-4-3-9(17)7-12(10)15/h2-7H,17H2,1H3. The van der Waals surface area contributed by atoms with E-state index < -0.39 is 11.6 Å². The molecule has 2 aromatic rings. The third-order valence-corrected chi connectivity index (χ3v) is 3.31. The van der Waals surface area contributed by atoms with Crippen LogP contribution in [0.4, 0.5) is 10.1 Å². The van der Waals surface area contributed by atoms with E-state index >= 15 is 0 Å². The molecule has 0 atom stereocenters. The first-order chi connectivity index (χ1) is 9.02. The van der Waals surface area contributed by atoms with Gasteiger partial charge < -0.3 is 10.5 Å². The zero-order valence-corrected chi connectivity index (χ0v) is 12.3. The lowest BCUT2D eigenvalue weighted by Gasteiger charge is -2.09. The van der Waals surface area contributed by atoms with Gasteiger partial charge in [-0.05, 0) is 59.0 Å². The second-order valence-electron chi connectivity index (χ2n) is 3.91. The van der Waals surface area contributed by atoms with Gasteiger partial charge in [-0.3, -0.25) is 4.79 Å². The average Bonchev–Trinajstić information content (AvgIpc) is 2.38. The van der Waals surface area contributed by atoms with Crippen LogP contribution in [0, 0.1) is 9.39 Å². The van der Waals surface area contributed by atoms with Gasteiger partial charge in [0.2, 0.25) is 0 Å². The molecule has 0 aliphatic rings. The molecule has 0 aromatic heterocycles. The summed E-state index contributed by atoms with van der Waals surface area (Å²) < 4.78 is 19.8. The molecule has 19 heavy (non-hydrogen) atoms. The second-order valence-corrected chi connectivity index (χ2v) is 5.16. The summed E-state index contributed by atoms with van der Waals surface area (Å²) in [6, 6.07) is 9.17. The number of ketones is 1. The molecule has 2 aromatic carbocycles. The van der Waals surface area contributed by atoms with E-state index in [0.29, 0.717) is 11.3 Å². The summed E-state index contributed by atoms with van der Waals surface area (Å²) in [5.41, 5.74) is 6.06. The molecule has 0 radical (unpaired) electrons. The van der Waals surface area contributed by atoms with E-state index in [1.165, 1.54) is 19.2 Å². The van der Waals surface area contributed by atoms with Gasteiger partial charge in [-0.15, -0.1) is 0 Å². The fourth-order valence-corrected chi connectivity index (χ4v) is 2.21. The number of hydrogen-bond acceptors (Lipinski definition) is 3. The molecular weight excluding hydrogens is 360 g/mol. The first-order valence-electron chi connectivity index (χ1n) is 5.46. The molecule has 0 saturated carbocycles. The minimum Gasteiger partial charge on any atom is -0.496 e. The number of halogens is 2. The second kappa shape index (κ2) is 5.56. The number of nitrogens with two attached hydrogens (primary N) is 1. The van der Waals surface area contributed by atoms with Gasteiger partial charge in [0.25, 0.3) is 0 Å². The third kappa shape index (κ3) is 2.86. The molecule has 0 bridgehead atoms. The molecule has 0 fully saturated rings. The predicted octanol–water partition coefficient (Wildman–Crippen LogP) is 3.25. The van der Waals surface area contributed by atoms with E-state index in [1.807, 2.05) is 6.07 Å². The van der Waals surface area contributed by atoms with Gasteiger partial charge in [0, 0.05) is 9.26 Å². The largest absolute Gasteiger partial charge is 0.496 e. The number of hydrogen-bond donors (Lipinski definition) is 1. The van der Waals surface area contributed by atoms with E-state index in [2.05, 4.69) is 22.6 Å². The number of nitrogen functional groups attached to an aromatic ring is 1. The Morgan fingerprint density at radius 2 is 1.95 bits per heavy atom. The fourth-order valence-electron chi connectivity index (χ4n) is 1.72. The lowest BCUT2D eigenvalue weighted by atomic mass is 10.0. The number of methoxy groups -OCH3 is 1. The molecule has 0 aliphatic heterocycles. The van der Waals surface area contributed by atoms with Crippen molar-refractivity contribution in [3.63, 3.8) is 0 Å². The number of benzene rings is 2. The molecule has 0 heterocycles. The number of carbonyl (C=O) groups is 1. The minimum atomic E-state index is -0.633. The lowest BCUT2D eigenvalue weighted by Crippen LogP contribution is -2.07. The van der Waals surface area contributed by atoms with Crippen LogP contribution in [0.2, 0.25) is 0 Å². The van der Waals surface area contributed by atoms with Crippen molar-refractivity contribution in [1.29, 1.82) is 0 Å². The first-order valence-corrected chi connectivity index (χ1v) is 6.54. The Bertz CT molecular complexity index is 643. The van der Waals surface area contributed by atoms with Gasteiger partial charge in [-0.1, -0.05) is 0 Å². The van der Waals surface area contributed by atoms with Crippen LogP contribution in [0.25, 0.3) is 0 Å². The number of ether oxygens (including phenoxy) is 1. The van der Waals surface area contributed by atoms with Gasteiger partial charge in [0.15, 0.2) is 5.78 Å². The summed E-state index contributed by atoms with van der Waals surface area (Å²) in [6.07, 6.45) is 0. The number of carbonyl (C=O) groups excluding carboxylic acids is 1. The van der Waals surface area contributed by atoms with Crippen molar-refractivity contribution < 1.29 is 13.9 Å². The van der Waals surface area contributed by atoms with Gasteiger partial charge in [-0.25, -0.2) is 4.39 Å². The monoisotopic (exact) mass is 371 g/mol. The summed E-state index contributed by atoms with van der Waals surface area (Å²) in [6.45, 7) is 0. The molecule has 0 amide bonds. The predicted molar refractivity (Wildman–Crippen MR) is 80.0 cm³/mol. The minimum absolute atomic E-state index is 0.0190. The van der Waals surface area contributed by atoms with Gasteiger partial charge in [-0.2, -0.15) is 0 Å². The van der Waals surface area contributed by atoms with E-state index in [0.717, 1.165) is 9.64 Å². The molecule has 2 rings (SSSR count). The highest BCUT2D eigenvalue weighted by Gasteiger charge is 2.18. The number of anilines is 1. The normalized spacial score (nSPS) is 10.3. The molecule has 0 aliphatic carbocycles.